The molecule has 2 fully saturated rings. The fourth-order valence-electron chi connectivity index (χ4n) is 4.41. The van der Waals surface area contributed by atoms with Gasteiger partial charge >= 0.3 is 5.97 Å². The maximum atomic E-state index is 11.7. The van der Waals surface area contributed by atoms with Crippen LogP contribution in [0, 0.1) is 25.2 Å². The highest BCUT2D eigenvalue weighted by Gasteiger charge is 2.55. The Bertz CT molecular complexity index is 471. The van der Waals surface area contributed by atoms with Crippen molar-refractivity contribution in [3.05, 3.63) is 23.5 Å². The van der Waals surface area contributed by atoms with Gasteiger partial charge in [0.1, 0.15) is 0 Å². The second-order valence-corrected chi connectivity index (χ2v) is 6.13. The zero-order valence-corrected chi connectivity index (χ0v) is 11.1. The van der Waals surface area contributed by atoms with E-state index in [1.807, 2.05) is 0 Å². The summed E-state index contributed by atoms with van der Waals surface area (Å²) in [6.45, 7) is 4.24. The topological polar surface area (TPSA) is 42.2 Å². The lowest BCUT2D eigenvalue weighted by atomic mass is 9.80. The Labute approximate surface area is 108 Å². The maximum Gasteiger partial charge on any atom is 0.309 e. The highest BCUT2D eigenvalue weighted by Crippen LogP contribution is 2.58. The summed E-state index contributed by atoms with van der Waals surface area (Å²) in [5.41, 5.74) is 2.10. The van der Waals surface area contributed by atoms with Crippen LogP contribution in [0.25, 0.3) is 0 Å². The summed E-state index contributed by atoms with van der Waals surface area (Å²) in [4.78, 5) is 11.7. The van der Waals surface area contributed by atoms with Crippen molar-refractivity contribution in [3.8, 4) is 0 Å². The molecule has 0 saturated heterocycles. The molecule has 0 spiro atoms. The molecule has 98 valence electrons. The molecule has 0 aliphatic heterocycles. The SMILES string of the molecule is Cc1ccc(C)n1[C@@H]1C[C@H]2CCC[C@@]2(C(=O)O)C1. The third kappa shape index (κ3) is 1.46. The van der Waals surface area contributed by atoms with Crippen LogP contribution in [0.3, 0.4) is 0 Å². The summed E-state index contributed by atoms with van der Waals surface area (Å²) in [6, 6.07) is 4.66. The standard InChI is InChI=1S/C15H21NO2/c1-10-5-6-11(2)16(10)13-8-12-4-3-7-15(12,9-13)14(17)18/h5-6,12-13H,3-4,7-9H2,1-2H3,(H,17,18)/t12-,13-,15-/m1/s1. The van der Waals surface area contributed by atoms with Gasteiger partial charge in [-0.05, 0) is 57.6 Å². The van der Waals surface area contributed by atoms with Crippen molar-refractivity contribution in [3.63, 3.8) is 0 Å². The van der Waals surface area contributed by atoms with E-state index in [4.69, 9.17) is 0 Å². The van der Waals surface area contributed by atoms with Crippen molar-refractivity contribution in [2.75, 3.05) is 0 Å². The van der Waals surface area contributed by atoms with Gasteiger partial charge in [-0.25, -0.2) is 0 Å². The van der Waals surface area contributed by atoms with Gasteiger partial charge in [-0.1, -0.05) is 6.42 Å². The molecular formula is C15H21NO2. The Morgan fingerprint density at radius 2 is 2.06 bits per heavy atom. The lowest BCUT2D eigenvalue weighted by Gasteiger charge is -2.24. The predicted octanol–water partition coefficient (Wildman–Crippen LogP) is 3.31. The second kappa shape index (κ2) is 3.87. The van der Waals surface area contributed by atoms with Gasteiger partial charge in [0.2, 0.25) is 0 Å². The number of aromatic nitrogens is 1. The van der Waals surface area contributed by atoms with Crippen LogP contribution in [0.4, 0.5) is 0 Å². The lowest BCUT2D eigenvalue weighted by molar-refractivity contribution is -0.150. The van der Waals surface area contributed by atoms with Gasteiger partial charge in [-0.15, -0.1) is 0 Å². The van der Waals surface area contributed by atoms with Crippen LogP contribution in [0.5, 0.6) is 0 Å². The lowest BCUT2D eigenvalue weighted by Crippen LogP contribution is -2.30. The number of hydrogen-bond donors (Lipinski definition) is 1. The average Bonchev–Trinajstić information content (AvgIpc) is 2.91. The Hall–Kier alpha value is -1.25. The van der Waals surface area contributed by atoms with Gasteiger partial charge in [0.25, 0.3) is 0 Å². The zero-order chi connectivity index (χ0) is 12.9. The maximum absolute atomic E-state index is 11.7. The normalized spacial score (nSPS) is 34.8. The van der Waals surface area contributed by atoms with Crippen molar-refractivity contribution < 1.29 is 9.90 Å². The summed E-state index contributed by atoms with van der Waals surface area (Å²) >= 11 is 0. The molecule has 18 heavy (non-hydrogen) atoms. The molecule has 2 saturated carbocycles. The molecule has 3 atom stereocenters. The number of carboxylic acid groups (broad SMARTS) is 1. The van der Waals surface area contributed by atoms with E-state index in [2.05, 4.69) is 30.5 Å². The van der Waals surface area contributed by atoms with Crippen molar-refractivity contribution in [1.29, 1.82) is 0 Å². The Balaban J connectivity index is 1.94. The number of rotatable bonds is 2. The van der Waals surface area contributed by atoms with Gasteiger partial charge in [0, 0.05) is 17.4 Å². The quantitative estimate of drug-likeness (QED) is 0.871. The average molecular weight is 247 g/mol. The number of fused-ring (bicyclic) bond motifs is 1. The molecule has 2 aliphatic rings. The van der Waals surface area contributed by atoms with E-state index < -0.39 is 11.4 Å². The van der Waals surface area contributed by atoms with E-state index >= 15 is 0 Å². The first kappa shape index (κ1) is 11.8. The highest BCUT2D eigenvalue weighted by molar-refractivity contribution is 5.76. The summed E-state index contributed by atoms with van der Waals surface area (Å²) in [5.74, 6) is -0.170. The number of aryl methyl sites for hydroxylation is 2. The smallest absolute Gasteiger partial charge is 0.309 e. The fraction of sp³-hybridized carbons (Fsp3) is 0.667. The number of aliphatic carboxylic acids is 1. The summed E-state index contributed by atoms with van der Waals surface area (Å²) in [5, 5.41) is 9.62. The molecule has 1 aromatic rings. The van der Waals surface area contributed by atoms with Crippen molar-refractivity contribution in [1.82, 2.24) is 4.57 Å². The first-order valence-corrected chi connectivity index (χ1v) is 6.92. The largest absolute Gasteiger partial charge is 0.481 e. The highest BCUT2D eigenvalue weighted by atomic mass is 16.4. The molecule has 0 aromatic carbocycles. The molecule has 0 unspecified atom stereocenters. The van der Waals surface area contributed by atoms with Crippen molar-refractivity contribution in [2.24, 2.45) is 11.3 Å². The second-order valence-electron chi connectivity index (χ2n) is 6.13. The van der Waals surface area contributed by atoms with Gasteiger partial charge in [-0.3, -0.25) is 4.79 Å². The molecule has 3 nitrogen and oxygen atoms in total. The summed E-state index contributed by atoms with van der Waals surface area (Å²) in [7, 11) is 0. The van der Waals surface area contributed by atoms with Gasteiger partial charge in [-0.2, -0.15) is 0 Å². The molecule has 0 amide bonds. The Morgan fingerprint density at radius 3 is 2.61 bits per heavy atom. The minimum absolute atomic E-state index is 0.390. The van der Waals surface area contributed by atoms with Gasteiger partial charge in [0.15, 0.2) is 0 Å². The monoisotopic (exact) mass is 247 g/mol. The van der Waals surface area contributed by atoms with E-state index in [0.29, 0.717) is 12.0 Å². The molecule has 3 heteroatoms. The molecular weight excluding hydrogens is 226 g/mol. The molecule has 1 heterocycles. The van der Waals surface area contributed by atoms with Crippen LogP contribution >= 0.6 is 0 Å². The number of nitrogens with zero attached hydrogens (tertiary/aromatic N) is 1. The van der Waals surface area contributed by atoms with E-state index in [1.54, 1.807) is 0 Å². The van der Waals surface area contributed by atoms with Gasteiger partial charge < -0.3 is 9.67 Å². The van der Waals surface area contributed by atoms with E-state index in [0.717, 1.165) is 32.1 Å². The van der Waals surface area contributed by atoms with Crippen LogP contribution in [-0.4, -0.2) is 15.6 Å². The molecule has 3 rings (SSSR count). The molecule has 1 N–H and O–H groups in total. The number of hydrogen-bond acceptors (Lipinski definition) is 1. The van der Waals surface area contributed by atoms with Crippen LogP contribution in [0.1, 0.15) is 49.5 Å². The zero-order valence-electron chi connectivity index (χ0n) is 11.1. The summed E-state index contributed by atoms with van der Waals surface area (Å²) < 4.78 is 2.35. The Morgan fingerprint density at radius 1 is 1.39 bits per heavy atom. The third-order valence-corrected chi connectivity index (χ3v) is 5.23. The minimum atomic E-state index is -0.560. The third-order valence-electron chi connectivity index (χ3n) is 5.23. The summed E-state index contributed by atoms with van der Waals surface area (Å²) in [6.07, 6.45) is 4.93. The first-order chi connectivity index (χ1) is 8.54. The van der Waals surface area contributed by atoms with Crippen molar-refractivity contribution in [2.45, 2.75) is 52.0 Å². The van der Waals surface area contributed by atoms with Gasteiger partial charge in [0.05, 0.1) is 5.41 Å². The van der Waals surface area contributed by atoms with E-state index in [9.17, 15) is 9.90 Å². The minimum Gasteiger partial charge on any atom is -0.481 e. The Kier molecular flexibility index (Phi) is 2.54. The van der Waals surface area contributed by atoms with E-state index in [1.165, 1.54) is 11.4 Å². The van der Waals surface area contributed by atoms with Crippen molar-refractivity contribution >= 4 is 5.97 Å². The van der Waals surface area contributed by atoms with Crippen LogP contribution in [0.15, 0.2) is 12.1 Å². The van der Waals surface area contributed by atoms with Crippen LogP contribution in [-0.2, 0) is 4.79 Å². The molecule has 0 radical (unpaired) electrons. The molecule has 2 aliphatic carbocycles. The van der Waals surface area contributed by atoms with Crippen LogP contribution in [0.2, 0.25) is 0 Å². The number of carboxylic acids is 1. The van der Waals surface area contributed by atoms with Crippen LogP contribution < -0.4 is 0 Å². The fourth-order valence-corrected chi connectivity index (χ4v) is 4.41. The van der Waals surface area contributed by atoms with E-state index in [-0.39, 0.29) is 0 Å². The number of carbonyl (C=O) groups is 1. The molecule has 0 bridgehead atoms. The molecule has 1 aromatic heterocycles. The first-order valence-electron chi connectivity index (χ1n) is 6.92. The predicted molar refractivity (Wildman–Crippen MR) is 69.6 cm³/mol.